The van der Waals surface area contributed by atoms with Gasteiger partial charge in [0.25, 0.3) is 5.56 Å². The summed E-state index contributed by atoms with van der Waals surface area (Å²) in [7, 11) is 3.27. The van der Waals surface area contributed by atoms with Gasteiger partial charge in [-0.25, -0.2) is 4.79 Å². The molecule has 1 aromatic heterocycles. The Morgan fingerprint density at radius 3 is 2.04 bits per heavy atom. The fraction of sp³-hybridized carbons (Fsp3) is 0.452. The first-order valence-corrected chi connectivity index (χ1v) is 22.8. The van der Waals surface area contributed by atoms with Crippen molar-refractivity contribution in [2.24, 2.45) is 5.41 Å². The third-order valence-electron chi connectivity index (χ3n) is 10.3. The van der Waals surface area contributed by atoms with Crippen LogP contribution in [0.1, 0.15) is 68.5 Å². The standard InChI is InChI=1S/C42H52N3O8PS2/c1-29-27-45(40(48)43-38(29)46)37-26-35(53-54(55,44-22-10-11-23-44)24-25-56-39(47)41(2,3)4)36(52-37)28-51-42(30-12-8-7-9-13-30,31-14-18-33(49-5)19-15-31)32-16-20-34(50-6)21-17-32/h7-9,12-21,27,35-37H,10-11,22-26,28H2,1-6H3,(H,43,46,48)/t35-,36+,37+,54?/m0/s1. The van der Waals surface area contributed by atoms with Gasteiger partial charge in [-0.1, -0.05) is 98.9 Å². The molecule has 0 bridgehead atoms. The maximum Gasteiger partial charge on any atom is 0.330 e. The predicted octanol–water partition coefficient (Wildman–Crippen LogP) is 7.25. The Hall–Kier alpha value is -3.55. The number of benzene rings is 3. The Kier molecular flexibility index (Phi) is 13.5. The molecule has 3 aromatic carbocycles. The van der Waals surface area contributed by atoms with Gasteiger partial charge in [-0.05, 0) is 60.7 Å². The molecule has 0 amide bonds. The first-order valence-electron chi connectivity index (χ1n) is 18.9. The highest BCUT2D eigenvalue weighted by molar-refractivity contribution is 8.15. The molecule has 0 saturated carbocycles. The summed E-state index contributed by atoms with van der Waals surface area (Å²) >= 11 is 7.81. The Morgan fingerprint density at radius 2 is 1.48 bits per heavy atom. The number of hydrogen-bond acceptors (Lipinski definition) is 10. The number of thioether (sulfide) groups is 1. The normalized spacial score (nSPS) is 20.1. The van der Waals surface area contributed by atoms with E-state index in [1.807, 2.05) is 99.6 Å². The number of aromatic nitrogens is 2. The fourth-order valence-corrected chi connectivity index (χ4v) is 12.6. The summed E-state index contributed by atoms with van der Waals surface area (Å²) in [6, 6.07) is 25.6. The first-order chi connectivity index (χ1) is 26.8. The molecule has 1 unspecified atom stereocenters. The van der Waals surface area contributed by atoms with Crippen LogP contribution >= 0.6 is 18.2 Å². The molecular weight excluding hydrogens is 770 g/mol. The van der Waals surface area contributed by atoms with Crippen LogP contribution in [0, 0.1) is 12.3 Å². The molecule has 4 atom stereocenters. The lowest BCUT2D eigenvalue weighted by Crippen LogP contribution is -2.39. The van der Waals surface area contributed by atoms with Crippen LogP contribution in [0.25, 0.3) is 0 Å². The monoisotopic (exact) mass is 821 g/mol. The van der Waals surface area contributed by atoms with E-state index in [-0.39, 0.29) is 11.7 Å². The fourth-order valence-electron chi connectivity index (χ4n) is 7.16. The van der Waals surface area contributed by atoms with Gasteiger partial charge >= 0.3 is 5.69 Å². The largest absolute Gasteiger partial charge is 0.497 e. The number of aromatic amines is 1. The van der Waals surface area contributed by atoms with Crippen LogP contribution in [0.4, 0.5) is 0 Å². The minimum absolute atomic E-state index is 0.0534. The van der Waals surface area contributed by atoms with Crippen molar-refractivity contribution in [3.63, 3.8) is 0 Å². The van der Waals surface area contributed by atoms with Crippen molar-refractivity contribution in [1.29, 1.82) is 0 Å². The van der Waals surface area contributed by atoms with Gasteiger partial charge in [0.1, 0.15) is 35.8 Å². The Balaban J connectivity index is 1.41. The smallest absolute Gasteiger partial charge is 0.330 e. The van der Waals surface area contributed by atoms with Crippen LogP contribution in [0.5, 0.6) is 11.5 Å². The van der Waals surface area contributed by atoms with Gasteiger partial charge in [-0.15, -0.1) is 0 Å². The van der Waals surface area contributed by atoms with Crippen LogP contribution in [-0.2, 0) is 36.2 Å². The molecule has 2 saturated heterocycles. The zero-order valence-electron chi connectivity index (χ0n) is 32.9. The number of ether oxygens (including phenoxy) is 4. The lowest BCUT2D eigenvalue weighted by Gasteiger charge is -2.38. The van der Waals surface area contributed by atoms with Crippen molar-refractivity contribution in [3.8, 4) is 11.5 Å². The van der Waals surface area contributed by atoms with Gasteiger partial charge in [-0.3, -0.25) is 23.8 Å². The van der Waals surface area contributed by atoms with E-state index >= 15 is 0 Å². The number of methoxy groups -OCH3 is 2. The van der Waals surface area contributed by atoms with Crippen molar-refractivity contribution >= 4 is 35.1 Å². The van der Waals surface area contributed by atoms with Crippen LogP contribution < -0.4 is 20.7 Å². The SMILES string of the molecule is COc1ccc(C(OC[C@H]2O[C@@H](n3cc(C)c(=O)[nH]c3=O)C[C@@H]2OP(=S)(CCSC(=O)C(C)(C)C)N2CCCC2)(c2ccccc2)c2ccc(OC)cc2)cc1. The van der Waals surface area contributed by atoms with Crippen LogP contribution in [0.15, 0.2) is 94.6 Å². The summed E-state index contributed by atoms with van der Waals surface area (Å²) in [6.07, 6.45) is -0.302. The molecule has 0 spiro atoms. The summed E-state index contributed by atoms with van der Waals surface area (Å²) in [6.45, 7) is 9.10. The zero-order valence-corrected chi connectivity index (χ0v) is 35.4. The summed E-state index contributed by atoms with van der Waals surface area (Å²) in [4.78, 5) is 40.9. The van der Waals surface area contributed by atoms with Crippen LogP contribution in [0.3, 0.4) is 0 Å². The molecule has 2 fully saturated rings. The molecule has 4 aromatic rings. The molecule has 1 N–H and O–H groups in total. The second-order valence-electron chi connectivity index (χ2n) is 15.2. The van der Waals surface area contributed by atoms with Gasteiger partial charge in [0.15, 0.2) is 5.12 Å². The van der Waals surface area contributed by atoms with Gasteiger partial charge < -0.3 is 23.5 Å². The van der Waals surface area contributed by atoms with Gasteiger partial charge in [0, 0.05) is 48.6 Å². The summed E-state index contributed by atoms with van der Waals surface area (Å²) in [5.41, 5.74) is 0.364. The highest BCUT2D eigenvalue weighted by Crippen LogP contribution is 2.56. The van der Waals surface area contributed by atoms with Crippen molar-refractivity contribution in [2.45, 2.75) is 71.0 Å². The summed E-state index contributed by atoms with van der Waals surface area (Å²) in [5.74, 6) is 1.95. The quantitative estimate of drug-likeness (QED) is 0.0965. The van der Waals surface area contributed by atoms with E-state index in [0.717, 1.165) is 42.6 Å². The van der Waals surface area contributed by atoms with Gasteiger partial charge in [0.2, 0.25) is 0 Å². The van der Waals surface area contributed by atoms with Gasteiger partial charge in [-0.2, -0.15) is 0 Å². The minimum atomic E-state index is -2.68. The lowest BCUT2D eigenvalue weighted by molar-refractivity contribution is -0.117. The molecule has 0 radical (unpaired) electrons. The molecule has 2 aliphatic rings. The number of nitrogens with zero attached hydrogens (tertiary/aromatic N) is 2. The summed E-state index contributed by atoms with van der Waals surface area (Å²) < 4.78 is 35.9. The molecule has 14 heteroatoms. The molecule has 0 aliphatic carbocycles. The number of carbonyl (C=O) groups is 1. The molecule has 3 heterocycles. The molecule has 300 valence electrons. The third kappa shape index (κ3) is 9.26. The Bertz CT molecular complexity index is 2070. The van der Waals surface area contributed by atoms with Crippen LogP contribution in [0.2, 0.25) is 0 Å². The maximum absolute atomic E-state index is 13.2. The van der Waals surface area contributed by atoms with Gasteiger partial charge in [0.05, 0.1) is 26.9 Å². The number of nitrogens with one attached hydrogen (secondary N) is 1. The highest BCUT2D eigenvalue weighted by atomic mass is 32.4. The van der Waals surface area contributed by atoms with E-state index in [0.29, 0.717) is 35.4 Å². The number of aryl methyl sites for hydroxylation is 1. The number of carbonyl (C=O) groups excluding carboxylic acids is 1. The second-order valence-corrected chi connectivity index (χ2v) is 20.5. The summed E-state index contributed by atoms with van der Waals surface area (Å²) in [5, 5.41) is 0.109. The first kappa shape index (κ1) is 42.1. The highest BCUT2D eigenvalue weighted by Gasteiger charge is 2.45. The zero-order chi connectivity index (χ0) is 40.1. The third-order valence-corrected chi connectivity index (χ3v) is 16.0. The molecular formula is C42H52N3O8PS2. The topological polar surface area (TPSA) is 121 Å². The van der Waals surface area contributed by atoms with E-state index in [9.17, 15) is 14.4 Å². The lowest BCUT2D eigenvalue weighted by atomic mass is 9.80. The average Bonchev–Trinajstić information content (AvgIpc) is 3.88. The van der Waals surface area contributed by atoms with Crippen molar-refractivity contribution < 1.29 is 28.3 Å². The Morgan fingerprint density at radius 1 is 0.911 bits per heavy atom. The number of rotatable bonds is 15. The van der Waals surface area contributed by atoms with E-state index in [1.165, 1.54) is 22.5 Å². The minimum Gasteiger partial charge on any atom is -0.497 e. The van der Waals surface area contributed by atoms with Crippen molar-refractivity contribution in [2.75, 3.05) is 45.8 Å². The predicted molar refractivity (Wildman–Crippen MR) is 225 cm³/mol. The van der Waals surface area contributed by atoms with E-state index in [4.69, 9.17) is 35.3 Å². The van der Waals surface area contributed by atoms with E-state index < -0.39 is 47.1 Å². The van der Waals surface area contributed by atoms with E-state index in [1.54, 1.807) is 21.1 Å². The molecule has 6 rings (SSSR count). The van der Waals surface area contributed by atoms with E-state index in [2.05, 4.69) is 9.65 Å². The molecule has 56 heavy (non-hydrogen) atoms. The second kappa shape index (κ2) is 17.9. The average molecular weight is 822 g/mol. The number of hydrogen-bond donors (Lipinski definition) is 1. The number of H-pyrrole nitrogens is 1. The molecule has 2 aliphatic heterocycles. The maximum atomic E-state index is 13.2. The van der Waals surface area contributed by atoms with Crippen molar-refractivity contribution in [3.05, 3.63) is 128 Å². The molecule has 11 nitrogen and oxygen atoms in total. The van der Waals surface area contributed by atoms with Crippen molar-refractivity contribution in [1.82, 2.24) is 14.2 Å². The van der Waals surface area contributed by atoms with Crippen LogP contribution in [-0.4, -0.2) is 77.4 Å². The Labute approximate surface area is 338 Å².